The molecule has 5 fully saturated rings. The zero-order valence-corrected chi connectivity index (χ0v) is 48.5. The lowest BCUT2D eigenvalue weighted by Gasteiger charge is -2.36. The summed E-state index contributed by atoms with van der Waals surface area (Å²) < 4.78 is 0. The molecule has 0 aromatic rings. The van der Waals surface area contributed by atoms with Crippen LogP contribution in [0.1, 0.15) is 130 Å². The average molecular weight is 1170 g/mol. The molecule has 19 N–H and O–H groups in total. The number of guanidine groups is 3. The summed E-state index contributed by atoms with van der Waals surface area (Å²) in [6.07, 6.45) is 4.67. The van der Waals surface area contributed by atoms with E-state index >= 15 is 0 Å². The Morgan fingerprint density at radius 3 is 1.16 bits per heavy atom. The van der Waals surface area contributed by atoms with Crippen LogP contribution in [0.25, 0.3) is 0 Å². The highest BCUT2D eigenvalue weighted by molar-refractivity contribution is 5.99. The molecule has 0 saturated carbocycles. The smallest absolute Gasteiger partial charge is 0.326 e. The normalized spacial score (nSPS) is 22.3. The largest absolute Gasteiger partial charge is 0.480 e. The van der Waals surface area contributed by atoms with E-state index in [2.05, 4.69) is 36.2 Å². The Kier molecular flexibility index (Phi) is 24.9. The summed E-state index contributed by atoms with van der Waals surface area (Å²) in [5, 5.41) is 20.7. The van der Waals surface area contributed by atoms with Crippen LogP contribution in [0.3, 0.4) is 0 Å². The Morgan fingerprint density at radius 2 is 0.771 bits per heavy atom. The number of hydrogen-bond acceptors (Lipinski definition) is 14. The molecule has 0 aliphatic carbocycles. The first-order valence-corrected chi connectivity index (χ1v) is 29.2. The molecular weight excluding hydrogens is 1080 g/mol. The molecule has 5 aliphatic heterocycles. The van der Waals surface area contributed by atoms with Crippen molar-refractivity contribution in [1.29, 1.82) is 0 Å². The maximum absolute atomic E-state index is 14.7. The van der Waals surface area contributed by atoms with Crippen molar-refractivity contribution in [3.63, 3.8) is 0 Å². The fourth-order valence-electron chi connectivity index (χ4n) is 11.6. The number of nitrogens with two attached hydrogens (primary N) is 7. The van der Waals surface area contributed by atoms with Gasteiger partial charge in [0.05, 0.1) is 6.04 Å². The van der Waals surface area contributed by atoms with E-state index in [1.807, 2.05) is 13.8 Å². The van der Waals surface area contributed by atoms with Gasteiger partial charge in [0.25, 0.3) is 0 Å². The first kappa shape index (κ1) is 66.3. The molecule has 5 aliphatic rings. The highest BCUT2D eigenvalue weighted by Gasteiger charge is 2.48. The highest BCUT2D eigenvalue weighted by atomic mass is 16.4. The van der Waals surface area contributed by atoms with E-state index in [0.717, 1.165) is 0 Å². The van der Waals surface area contributed by atoms with E-state index in [9.17, 15) is 53.1 Å². The second-order valence-corrected chi connectivity index (χ2v) is 22.8. The first-order chi connectivity index (χ1) is 39.3. The van der Waals surface area contributed by atoms with E-state index in [0.29, 0.717) is 64.5 Å². The minimum absolute atomic E-state index is 0.0321. The number of amides is 9. The first-order valence-electron chi connectivity index (χ1n) is 29.2. The van der Waals surface area contributed by atoms with Crippen molar-refractivity contribution in [3.8, 4) is 0 Å². The predicted octanol–water partition coefficient (Wildman–Crippen LogP) is -4.23. The molecule has 0 aromatic heterocycles. The third-order valence-corrected chi connectivity index (χ3v) is 16.1. The van der Waals surface area contributed by atoms with Crippen molar-refractivity contribution in [2.24, 2.45) is 66.9 Å². The minimum Gasteiger partial charge on any atom is -0.480 e. The molecule has 5 heterocycles. The lowest BCUT2D eigenvalue weighted by atomic mass is 10.0. The van der Waals surface area contributed by atoms with Crippen molar-refractivity contribution < 1.29 is 53.1 Å². The van der Waals surface area contributed by atoms with E-state index in [-0.39, 0.29) is 132 Å². The summed E-state index contributed by atoms with van der Waals surface area (Å²) >= 11 is 0. The molecule has 0 aromatic carbocycles. The van der Waals surface area contributed by atoms with Gasteiger partial charge in [0.15, 0.2) is 17.9 Å². The highest BCUT2D eigenvalue weighted by Crippen LogP contribution is 2.31. The summed E-state index contributed by atoms with van der Waals surface area (Å²) in [7, 11) is 0. The van der Waals surface area contributed by atoms with E-state index in [4.69, 9.17) is 40.1 Å². The molecule has 0 unspecified atom stereocenters. The third kappa shape index (κ3) is 18.0. The summed E-state index contributed by atoms with van der Waals surface area (Å²) in [6.45, 7) is 8.79. The Bertz CT molecular complexity index is 2430. The summed E-state index contributed by atoms with van der Waals surface area (Å²) in [5.74, 6) is -7.34. The molecule has 464 valence electrons. The molecule has 30 heteroatoms. The lowest BCUT2D eigenvalue weighted by Crippen LogP contribution is -2.60. The van der Waals surface area contributed by atoms with E-state index < -0.39 is 108 Å². The second-order valence-electron chi connectivity index (χ2n) is 22.8. The van der Waals surface area contributed by atoms with Crippen molar-refractivity contribution in [2.75, 3.05) is 52.4 Å². The molecule has 9 amide bonds. The average Bonchev–Trinajstić information content (AvgIpc) is 4.16. The summed E-state index contributed by atoms with van der Waals surface area (Å²) in [6, 6.07) is -10.4. The van der Waals surface area contributed by atoms with Crippen LogP contribution >= 0.6 is 0 Å². The van der Waals surface area contributed by atoms with Gasteiger partial charge in [-0.1, -0.05) is 27.7 Å². The standard InChI is InChI=1S/C53H91N19O11/c1-29(2)39(54)48(80)71-27-11-19-37(71)47(79)70-26-10-18-36(70)45(77)69-25-9-17-35(69)44(76)67-40(30(3)4)49(81)72-28-12-20-38(72)46(78)68-24-8-16-34(68)43(75)65-32(14-6-22-62-52(57)58)41(73)64-31(13-5-21-61-51(55)56)42(74)66-33(50(82)83)15-7-23-63-53(59)60/h29-40H,5-28,54H2,1-4H3,(H,64,73)(H,65,75)(H,66,74)(H,67,76)(H,82,83)(H4,55,56,61)(H4,57,58,62)(H4,59,60,63)/t31-,32-,33-,34-,35-,36+,37-,38-,39-,40-/m0/s1. The second kappa shape index (κ2) is 31.2. The molecule has 30 nitrogen and oxygen atoms in total. The SMILES string of the molecule is CC(C)[C@H](N)C(=O)N1CCC[C@H]1C(=O)N1CCC[C@@H]1C(=O)N1CCC[C@H]1C(=O)N[C@H](C(=O)N1CCC[C@H]1C(=O)N1CCC[C@H]1C(=O)N[C@@H](CCCN=C(N)N)C(=O)N[C@@H](CCCN=C(N)N)C(=O)N[C@@H](CCCN=C(N)N)C(=O)O)C(C)C. The number of nitrogens with zero attached hydrogens (tertiary/aromatic N) is 8. The van der Waals surface area contributed by atoms with Gasteiger partial charge in [-0.3, -0.25) is 58.1 Å². The van der Waals surface area contributed by atoms with Crippen molar-refractivity contribution in [1.82, 2.24) is 45.8 Å². The van der Waals surface area contributed by atoms with Gasteiger partial charge >= 0.3 is 5.97 Å². The van der Waals surface area contributed by atoms with Crippen molar-refractivity contribution >= 4 is 77.0 Å². The van der Waals surface area contributed by atoms with Crippen molar-refractivity contribution in [2.45, 2.75) is 191 Å². The van der Waals surface area contributed by atoms with E-state index in [1.165, 1.54) is 19.6 Å². The van der Waals surface area contributed by atoms with Gasteiger partial charge < -0.3 is 91.0 Å². The van der Waals surface area contributed by atoms with Crippen LogP contribution in [0.4, 0.5) is 0 Å². The summed E-state index contributed by atoms with van der Waals surface area (Å²) in [5.41, 5.74) is 39.0. The number of carboxylic acids is 1. The maximum Gasteiger partial charge on any atom is 0.326 e. The monoisotopic (exact) mass is 1170 g/mol. The summed E-state index contributed by atoms with van der Waals surface area (Å²) in [4.78, 5) is 159. The number of carbonyl (C=O) groups excluding carboxylic acids is 9. The zero-order valence-electron chi connectivity index (χ0n) is 48.5. The Labute approximate surface area is 484 Å². The molecule has 10 atom stereocenters. The van der Waals surface area contributed by atoms with Crippen LogP contribution in [-0.4, -0.2) is 219 Å². The number of likely N-dealkylation sites (tertiary alicyclic amines) is 5. The van der Waals surface area contributed by atoms with Gasteiger partial charge in [-0.05, 0) is 115 Å². The van der Waals surface area contributed by atoms with Gasteiger partial charge in [0.2, 0.25) is 53.2 Å². The predicted molar refractivity (Wildman–Crippen MR) is 306 cm³/mol. The number of hydrogen-bond donors (Lipinski definition) is 12. The van der Waals surface area contributed by atoms with E-state index in [1.54, 1.807) is 18.7 Å². The van der Waals surface area contributed by atoms with Crippen LogP contribution in [-0.2, 0) is 47.9 Å². The Morgan fingerprint density at radius 1 is 0.446 bits per heavy atom. The van der Waals surface area contributed by atoms with Gasteiger partial charge in [-0.15, -0.1) is 0 Å². The number of aliphatic imine (C=N–C) groups is 3. The Hall–Kier alpha value is -7.53. The molecular formula is C53H91N19O11. The topological polar surface area (TPSA) is 474 Å². The van der Waals surface area contributed by atoms with Crippen LogP contribution in [0.5, 0.6) is 0 Å². The molecule has 0 bridgehead atoms. The van der Waals surface area contributed by atoms with Crippen LogP contribution in [0, 0.1) is 11.8 Å². The number of carbonyl (C=O) groups is 10. The third-order valence-electron chi connectivity index (χ3n) is 16.1. The fourth-order valence-corrected chi connectivity index (χ4v) is 11.6. The number of aliphatic carboxylic acids is 1. The molecule has 5 saturated heterocycles. The Balaban J connectivity index is 1.27. The molecule has 83 heavy (non-hydrogen) atoms. The van der Waals surface area contributed by atoms with Gasteiger partial charge in [-0.2, -0.15) is 0 Å². The minimum atomic E-state index is -1.38. The maximum atomic E-state index is 14.7. The van der Waals surface area contributed by atoms with Crippen LogP contribution < -0.4 is 61.4 Å². The molecule has 0 radical (unpaired) electrons. The quantitative estimate of drug-likeness (QED) is 0.0201. The van der Waals surface area contributed by atoms with Crippen molar-refractivity contribution in [3.05, 3.63) is 0 Å². The lowest BCUT2D eigenvalue weighted by molar-refractivity contribution is -0.151. The fraction of sp³-hybridized carbons (Fsp3) is 0.755. The number of carboxylic acid groups (broad SMARTS) is 1. The van der Waals surface area contributed by atoms with Gasteiger partial charge in [0, 0.05) is 52.4 Å². The van der Waals surface area contributed by atoms with Crippen LogP contribution in [0.15, 0.2) is 15.0 Å². The zero-order chi connectivity index (χ0) is 61.2. The van der Waals surface area contributed by atoms with Gasteiger partial charge in [0.1, 0.15) is 54.4 Å². The van der Waals surface area contributed by atoms with Gasteiger partial charge in [-0.25, -0.2) is 4.79 Å². The molecule has 0 spiro atoms. The number of rotatable bonds is 28. The molecule has 5 rings (SSSR count). The number of nitrogens with one attached hydrogen (secondary N) is 4. The van der Waals surface area contributed by atoms with Crippen LogP contribution in [0.2, 0.25) is 0 Å².